The third kappa shape index (κ3) is 4.30. The minimum Gasteiger partial charge on any atom is -0.478 e. The lowest BCUT2D eigenvalue weighted by Gasteiger charge is -2.15. The van der Waals surface area contributed by atoms with Crippen molar-refractivity contribution in [3.05, 3.63) is 105 Å². The number of benzene rings is 3. The summed E-state index contributed by atoms with van der Waals surface area (Å²) in [6.45, 7) is 2.13. The Labute approximate surface area is 177 Å². The van der Waals surface area contributed by atoms with Gasteiger partial charge in [0.2, 0.25) is 0 Å². The molecule has 2 N–H and O–H groups in total. The van der Waals surface area contributed by atoms with Crippen molar-refractivity contribution in [2.45, 2.75) is 38.7 Å². The van der Waals surface area contributed by atoms with Crippen LogP contribution in [0.25, 0.3) is 0 Å². The fourth-order valence-electron chi connectivity index (χ4n) is 4.38. The van der Waals surface area contributed by atoms with Crippen molar-refractivity contribution >= 4 is 5.97 Å². The molecule has 0 spiro atoms. The lowest BCUT2D eigenvalue weighted by Crippen LogP contribution is -2.02. The molecule has 0 saturated heterocycles. The molecule has 1 aliphatic carbocycles. The highest BCUT2D eigenvalue weighted by atomic mass is 16.4. The second-order valence-corrected chi connectivity index (χ2v) is 7.94. The van der Waals surface area contributed by atoms with E-state index < -0.39 is 5.97 Å². The summed E-state index contributed by atoms with van der Waals surface area (Å²) in [5.41, 5.74) is 8.20. The van der Waals surface area contributed by atoms with Gasteiger partial charge in [-0.1, -0.05) is 47.7 Å². The van der Waals surface area contributed by atoms with Crippen LogP contribution in [-0.4, -0.2) is 16.2 Å². The summed E-state index contributed by atoms with van der Waals surface area (Å²) in [7, 11) is 0. The number of rotatable bonds is 4. The van der Waals surface area contributed by atoms with Gasteiger partial charge in [-0.3, -0.25) is 0 Å². The Balaban J connectivity index is 1.62. The summed E-state index contributed by atoms with van der Waals surface area (Å²) in [6.07, 6.45) is 3.10. The van der Waals surface area contributed by atoms with Crippen molar-refractivity contribution in [1.82, 2.24) is 0 Å². The normalized spacial score (nSPS) is 14.7. The Morgan fingerprint density at radius 3 is 2.53 bits per heavy atom. The van der Waals surface area contributed by atoms with Crippen LogP contribution >= 0.6 is 0 Å². The molecule has 3 aromatic carbocycles. The first-order valence-electron chi connectivity index (χ1n) is 10.2. The quantitative estimate of drug-likeness (QED) is 0.620. The summed E-state index contributed by atoms with van der Waals surface area (Å²) >= 11 is 0. The van der Waals surface area contributed by atoms with Crippen LogP contribution in [0.2, 0.25) is 0 Å². The molecule has 0 heterocycles. The number of hydrogen-bond donors (Lipinski definition) is 2. The maximum atomic E-state index is 11.0. The monoisotopic (exact) mass is 396 g/mol. The van der Waals surface area contributed by atoms with Crippen LogP contribution in [0.15, 0.2) is 60.7 Å². The molecule has 0 fully saturated rings. The molecular weight excluding hydrogens is 372 g/mol. The Morgan fingerprint density at radius 1 is 1.03 bits per heavy atom. The molecule has 1 atom stereocenters. The lowest BCUT2D eigenvalue weighted by molar-refractivity contribution is 0.0697. The van der Waals surface area contributed by atoms with Crippen molar-refractivity contribution in [3.63, 3.8) is 0 Å². The van der Waals surface area contributed by atoms with Gasteiger partial charge in [-0.25, -0.2) is 4.79 Å². The van der Waals surface area contributed by atoms with Crippen LogP contribution in [0.5, 0.6) is 0 Å². The molecule has 0 radical (unpaired) electrons. The van der Waals surface area contributed by atoms with Gasteiger partial charge in [0.05, 0.1) is 12.2 Å². The first-order chi connectivity index (χ1) is 14.5. The number of aryl methyl sites for hydroxylation is 2. The zero-order chi connectivity index (χ0) is 21.1. The highest BCUT2D eigenvalue weighted by molar-refractivity contribution is 5.87. The largest absolute Gasteiger partial charge is 0.478 e. The van der Waals surface area contributed by atoms with E-state index in [4.69, 9.17) is 5.11 Å². The molecule has 0 amide bonds. The average Bonchev–Trinajstić information content (AvgIpc) is 3.15. The molecule has 4 rings (SSSR count). The van der Waals surface area contributed by atoms with Crippen molar-refractivity contribution < 1.29 is 15.0 Å². The summed E-state index contributed by atoms with van der Waals surface area (Å²) in [5, 5.41) is 18.6. The van der Waals surface area contributed by atoms with Gasteiger partial charge >= 0.3 is 5.97 Å². The maximum absolute atomic E-state index is 11.0. The molecule has 0 bridgehead atoms. The van der Waals surface area contributed by atoms with E-state index in [-0.39, 0.29) is 12.2 Å². The molecule has 1 unspecified atom stereocenters. The third-order valence-electron chi connectivity index (χ3n) is 5.70. The summed E-state index contributed by atoms with van der Waals surface area (Å²) in [4.78, 5) is 11.0. The van der Waals surface area contributed by atoms with E-state index in [9.17, 15) is 9.90 Å². The molecule has 30 heavy (non-hydrogen) atoms. The highest BCUT2D eigenvalue weighted by Gasteiger charge is 2.25. The fourth-order valence-corrected chi connectivity index (χ4v) is 4.38. The van der Waals surface area contributed by atoms with Gasteiger partial charge < -0.3 is 10.2 Å². The van der Waals surface area contributed by atoms with Crippen LogP contribution < -0.4 is 0 Å². The molecule has 3 aromatic rings. The predicted molar refractivity (Wildman–Crippen MR) is 118 cm³/mol. The minimum atomic E-state index is -0.932. The SMILES string of the molecule is Cc1cc(CO)cc(CC2CCc3cccc(C#Cc4ccc(C(=O)O)cc4)c32)c1. The van der Waals surface area contributed by atoms with E-state index in [0.29, 0.717) is 5.92 Å². The van der Waals surface area contributed by atoms with Gasteiger partial charge in [0.1, 0.15) is 0 Å². The number of carboxylic acids is 1. The molecule has 3 nitrogen and oxygen atoms in total. The maximum Gasteiger partial charge on any atom is 0.335 e. The molecule has 0 saturated carbocycles. The van der Waals surface area contributed by atoms with E-state index in [1.165, 1.54) is 22.3 Å². The van der Waals surface area contributed by atoms with Crippen LogP contribution in [0.3, 0.4) is 0 Å². The van der Waals surface area contributed by atoms with Crippen LogP contribution in [0, 0.1) is 18.8 Å². The van der Waals surface area contributed by atoms with E-state index in [2.05, 4.69) is 49.1 Å². The molecule has 150 valence electrons. The lowest BCUT2D eigenvalue weighted by atomic mass is 9.89. The molecular formula is C27H24O3. The Kier molecular flexibility index (Phi) is 5.70. The van der Waals surface area contributed by atoms with Crippen LogP contribution in [0.1, 0.15) is 61.6 Å². The predicted octanol–water partition coefficient (Wildman–Crippen LogP) is 4.86. The second kappa shape index (κ2) is 8.57. The van der Waals surface area contributed by atoms with Crippen molar-refractivity contribution in [3.8, 4) is 11.8 Å². The molecule has 1 aliphatic rings. The summed E-state index contributed by atoms with van der Waals surface area (Å²) in [5.74, 6) is 5.99. The third-order valence-corrected chi connectivity index (χ3v) is 5.70. The number of fused-ring (bicyclic) bond motifs is 1. The van der Waals surface area contributed by atoms with E-state index in [1.807, 2.05) is 6.07 Å². The Morgan fingerprint density at radius 2 is 1.80 bits per heavy atom. The number of aromatic carboxylic acids is 1. The van der Waals surface area contributed by atoms with Gasteiger partial charge in [0.15, 0.2) is 0 Å². The van der Waals surface area contributed by atoms with E-state index in [0.717, 1.165) is 36.0 Å². The molecule has 0 aromatic heterocycles. The number of hydrogen-bond acceptors (Lipinski definition) is 2. The average molecular weight is 396 g/mol. The second-order valence-electron chi connectivity index (χ2n) is 7.94. The van der Waals surface area contributed by atoms with E-state index in [1.54, 1.807) is 24.3 Å². The topological polar surface area (TPSA) is 57.5 Å². The number of aliphatic hydroxyl groups is 1. The summed E-state index contributed by atoms with van der Waals surface area (Å²) < 4.78 is 0. The van der Waals surface area contributed by atoms with Crippen molar-refractivity contribution in [1.29, 1.82) is 0 Å². The zero-order valence-electron chi connectivity index (χ0n) is 17.0. The van der Waals surface area contributed by atoms with Gasteiger partial charge in [-0.15, -0.1) is 0 Å². The zero-order valence-corrected chi connectivity index (χ0v) is 17.0. The number of carboxylic acid groups (broad SMARTS) is 1. The minimum absolute atomic E-state index is 0.0628. The standard InChI is InChI=1S/C27H24O3/c1-18-13-20(15-21(14-18)17-28)16-25-12-11-23-4-2-3-22(26(23)25)8-5-19-6-9-24(10-7-19)27(29)30/h2-4,6-7,9-10,13-15,25,28H,11-12,16-17H2,1H3,(H,29,30). The molecule has 3 heteroatoms. The number of carbonyl (C=O) groups is 1. The van der Waals surface area contributed by atoms with Gasteiger partial charge in [0.25, 0.3) is 0 Å². The Bertz CT molecular complexity index is 1150. The summed E-state index contributed by atoms with van der Waals surface area (Å²) in [6, 6.07) is 19.3. The fraction of sp³-hybridized carbons (Fsp3) is 0.222. The van der Waals surface area contributed by atoms with Gasteiger partial charge in [0, 0.05) is 11.1 Å². The van der Waals surface area contributed by atoms with Gasteiger partial charge in [-0.05, 0) is 84.7 Å². The van der Waals surface area contributed by atoms with Crippen molar-refractivity contribution in [2.24, 2.45) is 0 Å². The van der Waals surface area contributed by atoms with Crippen LogP contribution in [0.4, 0.5) is 0 Å². The number of aliphatic hydroxyl groups excluding tert-OH is 1. The first kappa shape index (κ1) is 19.9. The van der Waals surface area contributed by atoms with Crippen LogP contribution in [-0.2, 0) is 19.4 Å². The smallest absolute Gasteiger partial charge is 0.335 e. The molecule has 0 aliphatic heterocycles. The Hall–Kier alpha value is -3.35. The first-order valence-corrected chi connectivity index (χ1v) is 10.2. The van der Waals surface area contributed by atoms with E-state index >= 15 is 0 Å². The van der Waals surface area contributed by atoms with Gasteiger partial charge in [-0.2, -0.15) is 0 Å². The van der Waals surface area contributed by atoms with Crippen molar-refractivity contribution in [2.75, 3.05) is 0 Å². The highest BCUT2D eigenvalue weighted by Crippen LogP contribution is 2.38.